The predicted molar refractivity (Wildman–Crippen MR) is 243 cm³/mol. The van der Waals surface area contributed by atoms with Gasteiger partial charge < -0.3 is 34.3 Å². The van der Waals surface area contributed by atoms with Gasteiger partial charge in [-0.25, -0.2) is 0 Å². The summed E-state index contributed by atoms with van der Waals surface area (Å²) in [5, 5.41) is 30.9. The van der Waals surface area contributed by atoms with Gasteiger partial charge in [0.15, 0.2) is 12.4 Å². The maximum atomic E-state index is 12.8. The first kappa shape index (κ1) is 57.1. The highest BCUT2D eigenvalue weighted by Crippen LogP contribution is 2.24. The molecule has 61 heavy (non-hydrogen) atoms. The molecule has 6 unspecified atom stereocenters. The van der Waals surface area contributed by atoms with Gasteiger partial charge >= 0.3 is 11.9 Å². The fourth-order valence-electron chi connectivity index (χ4n) is 7.43. The van der Waals surface area contributed by atoms with Crippen molar-refractivity contribution < 1.29 is 56.8 Å². The Bertz CT molecular complexity index is 1220. The van der Waals surface area contributed by atoms with Gasteiger partial charge in [0.25, 0.3) is 10.1 Å². The quantitative estimate of drug-likeness (QED) is 0.0197. The van der Waals surface area contributed by atoms with Crippen LogP contribution in [0.25, 0.3) is 0 Å². The summed E-state index contributed by atoms with van der Waals surface area (Å²) in [7, 11) is -4.60. The van der Waals surface area contributed by atoms with Crippen LogP contribution < -0.4 is 0 Å². The van der Waals surface area contributed by atoms with Crippen LogP contribution in [0.15, 0.2) is 24.3 Å². The smallest absolute Gasteiger partial charge is 0.306 e. The molecule has 12 nitrogen and oxygen atoms in total. The van der Waals surface area contributed by atoms with Crippen LogP contribution in [0.3, 0.4) is 0 Å². The lowest BCUT2D eigenvalue weighted by Crippen LogP contribution is -2.60. The van der Waals surface area contributed by atoms with E-state index in [-0.39, 0.29) is 19.4 Å². The normalized spacial score (nSPS) is 20.1. The van der Waals surface area contributed by atoms with E-state index in [0.29, 0.717) is 12.8 Å². The number of carbonyl (C=O) groups excluding carboxylic acids is 2. The van der Waals surface area contributed by atoms with Crippen molar-refractivity contribution in [1.29, 1.82) is 0 Å². The zero-order valence-corrected chi connectivity index (χ0v) is 39.1. The van der Waals surface area contributed by atoms with Gasteiger partial charge in [-0.3, -0.25) is 14.1 Å². The van der Waals surface area contributed by atoms with E-state index in [1.165, 1.54) is 116 Å². The van der Waals surface area contributed by atoms with E-state index in [2.05, 4.69) is 38.2 Å². The standard InChI is InChI=1S/C48H88O12S/c1-3-5-7-9-11-13-15-17-19-20-21-22-23-25-27-29-31-33-35-37-44(50)59-41(39-58-48-47(53)46(52)45(51)42(60-48)40-61(54,55)56)38-57-43(49)36-34-32-30-28-26-24-18-16-14-12-10-8-6-4-2/h16-19,41-42,45-48,51-53H,3-15,20-40H2,1-2H3,(H,54,55,56)/b18-16-,19-17-. The number of aliphatic hydroxyl groups is 3. The van der Waals surface area contributed by atoms with Gasteiger partial charge in [-0.15, -0.1) is 0 Å². The summed E-state index contributed by atoms with van der Waals surface area (Å²) in [5.74, 6) is -1.99. The molecule has 1 heterocycles. The molecule has 0 aromatic carbocycles. The average Bonchev–Trinajstić information content (AvgIpc) is 3.22. The molecule has 0 aromatic heterocycles. The third-order valence-corrected chi connectivity index (χ3v) is 12.0. The number of unbranched alkanes of at least 4 members (excludes halogenated alkanes) is 25. The van der Waals surface area contributed by atoms with Crippen LogP contribution in [0, 0.1) is 0 Å². The van der Waals surface area contributed by atoms with Gasteiger partial charge in [-0.2, -0.15) is 8.42 Å². The zero-order chi connectivity index (χ0) is 44.8. The van der Waals surface area contributed by atoms with Crippen molar-refractivity contribution in [1.82, 2.24) is 0 Å². The van der Waals surface area contributed by atoms with Gasteiger partial charge in [0.1, 0.15) is 36.8 Å². The first-order valence-corrected chi connectivity index (χ1v) is 26.0. The summed E-state index contributed by atoms with van der Waals surface area (Å²) >= 11 is 0. The molecule has 0 saturated carbocycles. The molecule has 0 aromatic rings. The highest BCUT2D eigenvalue weighted by atomic mass is 32.2. The number of allylic oxidation sites excluding steroid dienone is 4. The molecule has 0 spiro atoms. The minimum atomic E-state index is -4.60. The number of rotatable bonds is 41. The molecule has 0 bridgehead atoms. The van der Waals surface area contributed by atoms with E-state index in [9.17, 15) is 37.9 Å². The van der Waals surface area contributed by atoms with Gasteiger partial charge in [-0.05, 0) is 64.2 Å². The molecular formula is C48H88O12S. The van der Waals surface area contributed by atoms with Crippen LogP contribution in [-0.4, -0.2) is 96.0 Å². The van der Waals surface area contributed by atoms with Crippen LogP contribution in [0.5, 0.6) is 0 Å². The molecule has 0 amide bonds. The fourth-order valence-corrected chi connectivity index (χ4v) is 8.12. The van der Waals surface area contributed by atoms with E-state index in [0.717, 1.165) is 57.8 Å². The Morgan fingerprint density at radius 1 is 0.541 bits per heavy atom. The van der Waals surface area contributed by atoms with Crippen molar-refractivity contribution in [2.75, 3.05) is 19.0 Å². The van der Waals surface area contributed by atoms with E-state index in [4.69, 9.17) is 18.9 Å². The van der Waals surface area contributed by atoms with Crippen molar-refractivity contribution in [3.63, 3.8) is 0 Å². The SMILES string of the molecule is CCCCCCC/C=C\CCCCCCCC(=O)OCC(COC1OC(CS(=O)(=O)O)C(O)C(O)C1O)OC(=O)CCCCCCCCCCC/C=C\CCCCCCCC. The maximum Gasteiger partial charge on any atom is 0.306 e. The Morgan fingerprint density at radius 3 is 1.36 bits per heavy atom. The Kier molecular flexibility index (Phi) is 36.1. The molecule has 0 aliphatic carbocycles. The number of esters is 2. The van der Waals surface area contributed by atoms with Gasteiger partial charge in [0.05, 0.1) is 6.61 Å². The van der Waals surface area contributed by atoms with Gasteiger partial charge in [-0.1, -0.05) is 160 Å². The molecule has 4 N–H and O–H groups in total. The Hall–Kier alpha value is -1.87. The zero-order valence-electron chi connectivity index (χ0n) is 38.3. The minimum Gasteiger partial charge on any atom is -0.462 e. The average molecular weight is 889 g/mol. The molecule has 0 radical (unpaired) electrons. The molecule has 13 heteroatoms. The number of hydrogen-bond donors (Lipinski definition) is 4. The summed E-state index contributed by atoms with van der Waals surface area (Å²) in [6.07, 6.45) is 33.6. The number of aliphatic hydroxyl groups excluding tert-OH is 3. The summed E-state index contributed by atoms with van der Waals surface area (Å²) in [4.78, 5) is 25.4. The molecule has 358 valence electrons. The molecule has 1 rings (SSSR count). The minimum absolute atomic E-state index is 0.162. The maximum absolute atomic E-state index is 12.8. The van der Waals surface area contributed by atoms with Gasteiger partial charge in [0.2, 0.25) is 0 Å². The van der Waals surface area contributed by atoms with Crippen LogP contribution in [0.1, 0.15) is 213 Å². The second kappa shape index (κ2) is 38.6. The van der Waals surface area contributed by atoms with Crippen LogP contribution in [0.2, 0.25) is 0 Å². The third kappa shape index (κ3) is 33.3. The van der Waals surface area contributed by atoms with E-state index < -0.39 is 71.2 Å². The Labute approximate surface area is 370 Å². The van der Waals surface area contributed by atoms with Crippen molar-refractivity contribution in [3.05, 3.63) is 24.3 Å². The number of hydrogen-bond acceptors (Lipinski definition) is 11. The highest BCUT2D eigenvalue weighted by Gasteiger charge is 2.46. The molecule has 1 aliphatic rings. The van der Waals surface area contributed by atoms with E-state index in [1.54, 1.807) is 0 Å². The van der Waals surface area contributed by atoms with Crippen molar-refractivity contribution >= 4 is 22.1 Å². The van der Waals surface area contributed by atoms with Crippen LogP contribution >= 0.6 is 0 Å². The predicted octanol–water partition coefficient (Wildman–Crippen LogP) is 10.4. The summed E-state index contributed by atoms with van der Waals surface area (Å²) in [5.41, 5.74) is 0. The molecule has 1 fully saturated rings. The number of ether oxygens (including phenoxy) is 4. The molecular weight excluding hydrogens is 801 g/mol. The fraction of sp³-hybridized carbons (Fsp3) is 0.875. The Morgan fingerprint density at radius 2 is 0.934 bits per heavy atom. The van der Waals surface area contributed by atoms with Crippen molar-refractivity contribution in [2.45, 2.75) is 250 Å². The van der Waals surface area contributed by atoms with Crippen LogP contribution in [-0.2, 0) is 38.7 Å². The van der Waals surface area contributed by atoms with Gasteiger partial charge in [0, 0.05) is 12.8 Å². The second-order valence-corrected chi connectivity index (χ2v) is 18.6. The highest BCUT2D eigenvalue weighted by molar-refractivity contribution is 7.85. The molecule has 1 saturated heterocycles. The lowest BCUT2D eigenvalue weighted by Gasteiger charge is -2.40. The largest absolute Gasteiger partial charge is 0.462 e. The van der Waals surface area contributed by atoms with E-state index >= 15 is 0 Å². The Balaban J connectivity index is 2.40. The third-order valence-electron chi connectivity index (χ3n) is 11.3. The molecule has 1 aliphatic heterocycles. The topological polar surface area (TPSA) is 186 Å². The first-order chi connectivity index (χ1) is 29.5. The molecule has 6 atom stereocenters. The van der Waals surface area contributed by atoms with E-state index in [1.807, 2.05) is 0 Å². The lowest BCUT2D eigenvalue weighted by atomic mass is 10.00. The summed E-state index contributed by atoms with van der Waals surface area (Å²) in [6, 6.07) is 0. The van der Waals surface area contributed by atoms with Crippen LogP contribution in [0.4, 0.5) is 0 Å². The first-order valence-electron chi connectivity index (χ1n) is 24.4. The van der Waals surface area contributed by atoms with Crippen molar-refractivity contribution in [2.24, 2.45) is 0 Å². The monoisotopic (exact) mass is 889 g/mol. The number of carbonyl (C=O) groups is 2. The lowest BCUT2D eigenvalue weighted by molar-refractivity contribution is -0.297. The second-order valence-electron chi connectivity index (χ2n) is 17.1. The summed E-state index contributed by atoms with van der Waals surface area (Å²) in [6.45, 7) is 3.75. The van der Waals surface area contributed by atoms with Crippen molar-refractivity contribution in [3.8, 4) is 0 Å². The summed E-state index contributed by atoms with van der Waals surface area (Å²) < 4.78 is 54.1.